The molecule has 1 aromatic carbocycles. The number of nitrogens with zero attached hydrogens (tertiary/aromatic N) is 2. The summed E-state index contributed by atoms with van der Waals surface area (Å²) in [5, 5.41) is 12.0. The highest BCUT2D eigenvalue weighted by Gasteiger charge is 2.39. The SMILES string of the molecule is Cc1nnc(NC(=O)c2cc3c(c([C@@H]4C[C@H]4N)c2)OCC3)s1. The van der Waals surface area contributed by atoms with Crippen molar-refractivity contribution in [2.45, 2.75) is 31.7 Å². The summed E-state index contributed by atoms with van der Waals surface area (Å²) in [5.41, 5.74) is 8.77. The maximum Gasteiger partial charge on any atom is 0.257 e. The Morgan fingerprint density at radius 1 is 1.45 bits per heavy atom. The first-order chi connectivity index (χ1) is 10.6. The largest absolute Gasteiger partial charge is 0.493 e. The van der Waals surface area contributed by atoms with Crippen LogP contribution in [0.3, 0.4) is 0 Å². The highest BCUT2D eigenvalue weighted by molar-refractivity contribution is 7.15. The van der Waals surface area contributed by atoms with Gasteiger partial charge >= 0.3 is 0 Å². The van der Waals surface area contributed by atoms with Gasteiger partial charge in [-0.2, -0.15) is 0 Å². The molecule has 0 spiro atoms. The number of amides is 1. The molecule has 2 aromatic rings. The van der Waals surface area contributed by atoms with Gasteiger partial charge < -0.3 is 10.5 Å². The average molecular weight is 316 g/mol. The summed E-state index contributed by atoms with van der Waals surface area (Å²) < 4.78 is 5.73. The summed E-state index contributed by atoms with van der Waals surface area (Å²) in [6, 6.07) is 3.99. The number of aromatic nitrogens is 2. The van der Waals surface area contributed by atoms with E-state index in [-0.39, 0.29) is 11.9 Å². The molecule has 2 atom stereocenters. The summed E-state index contributed by atoms with van der Waals surface area (Å²) in [6.45, 7) is 2.53. The third-order valence-electron chi connectivity index (χ3n) is 4.06. The lowest BCUT2D eigenvalue weighted by atomic mass is 9.99. The Balaban J connectivity index is 1.65. The van der Waals surface area contributed by atoms with E-state index in [0.717, 1.165) is 34.7 Å². The van der Waals surface area contributed by atoms with E-state index in [2.05, 4.69) is 15.5 Å². The van der Waals surface area contributed by atoms with Crippen LogP contribution in [0.4, 0.5) is 5.13 Å². The Morgan fingerprint density at radius 2 is 2.27 bits per heavy atom. The van der Waals surface area contributed by atoms with Crippen LogP contribution in [0, 0.1) is 6.92 Å². The zero-order valence-corrected chi connectivity index (χ0v) is 12.9. The lowest BCUT2D eigenvalue weighted by Gasteiger charge is -2.10. The zero-order valence-electron chi connectivity index (χ0n) is 12.1. The van der Waals surface area contributed by atoms with E-state index in [1.165, 1.54) is 11.3 Å². The molecule has 6 nitrogen and oxygen atoms in total. The summed E-state index contributed by atoms with van der Waals surface area (Å²) in [7, 11) is 0. The first-order valence-corrected chi connectivity index (χ1v) is 8.10. The van der Waals surface area contributed by atoms with E-state index < -0.39 is 0 Å². The van der Waals surface area contributed by atoms with Crippen LogP contribution in [0.5, 0.6) is 5.75 Å². The van der Waals surface area contributed by atoms with Crippen molar-refractivity contribution in [3.8, 4) is 5.75 Å². The third kappa shape index (κ3) is 2.36. The quantitative estimate of drug-likeness (QED) is 0.902. The first-order valence-electron chi connectivity index (χ1n) is 7.28. The number of carbonyl (C=O) groups excluding carboxylic acids is 1. The minimum absolute atomic E-state index is 0.165. The monoisotopic (exact) mass is 316 g/mol. The third-order valence-corrected chi connectivity index (χ3v) is 4.81. The number of carbonyl (C=O) groups is 1. The molecule has 0 saturated heterocycles. The number of ether oxygens (including phenoxy) is 1. The fraction of sp³-hybridized carbons (Fsp3) is 0.400. The number of nitrogens with one attached hydrogen (secondary N) is 1. The van der Waals surface area contributed by atoms with Crippen molar-refractivity contribution in [2.75, 3.05) is 11.9 Å². The minimum atomic E-state index is -0.165. The highest BCUT2D eigenvalue weighted by Crippen LogP contribution is 2.46. The van der Waals surface area contributed by atoms with Gasteiger partial charge in [-0.05, 0) is 36.6 Å². The predicted molar refractivity (Wildman–Crippen MR) is 83.6 cm³/mol. The molecular formula is C15H16N4O2S. The van der Waals surface area contributed by atoms with E-state index in [4.69, 9.17) is 10.5 Å². The molecule has 0 radical (unpaired) electrons. The number of benzene rings is 1. The Kier molecular flexibility index (Phi) is 3.12. The Bertz CT molecular complexity index is 758. The van der Waals surface area contributed by atoms with E-state index >= 15 is 0 Å². The number of anilines is 1. The highest BCUT2D eigenvalue weighted by atomic mass is 32.1. The number of aryl methyl sites for hydroxylation is 1. The van der Waals surface area contributed by atoms with E-state index in [1.807, 2.05) is 19.1 Å². The van der Waals surface area contributed by atoms with E-state index in [1.54, 1.807) is 0 Å². The van der Waals surface area contributed by atoms with Crippen molar-refractivity contribution < 1.29 is 9.53 Å². The maximum atomic E-state index is 12.5. The molecule has 0 unspecified atom stereocenters. The maximum absolute atomic E-state index is 12.5. The van der Waals surface area contributed by atoms with Gasteiger partial charge in [0.1, 0.15) is 10.8 Å². The molecule has 114 valence electrons. The minimum Gasteiger partial charge on any atom is -0.493 e. The van der Waals surface area contributed by atoms with Gasteiger partial charge in [-0.15, -0.1) is 10.2 Å². The molecule has 4 rings (SSSR count). The molecule has 0 bridgehead atoms. The number of hydrogen-bond acceptors (Lipinski definition) is 6. The second-order valence-corrected chi connectivity index (χ2v) is 6.92. The van der Waals surface area contributed by atoms with Gasteiger partial charge in [0.25, 0.3) is 5.91 Å². The summed E-state index contributed by atoms with van der Waals surface area (Å²) in [6.07, 6.45) is 1.79. The van der Waals surface area contributed by atoms with Gasteiger partial charge in [-0.25, -0.2) is 0 Å². The predicted octanol–water partition coefficient (Wildman–Crippen LogP) is 1.85. The summed E-state index contributed by atoms with van der Waals surface area (Å²) in [4.78, 5) is 12.5. The van der Waals surface area contributed by atoms with Gasteiger partial charge in [0.05, 0.1) is 6.61 Å². The Hall–Kier alpha value is -1.99. The molecule has 3 N–H and O–H groups in total. The molecule has 2 aliphatic rings. The lowest BCUT2D eigenvalue weighted by Crippen LogP contribution is -2.13. The van der Waals surface area contributed by atoms with Crippen LogP contribution in [-0.2, 0) is 6.42 Å². The van der Waals surface area contributed by atoms with Crippen molar-refractivity contribution in [3.63, 3.8) is 0 Å². The van der Waals surface area contributed by atoms with Crippen molar-refractivity contribution in [2.24, 2.45) is 5.73 Å². The normalized spacial score (nSPS) is 22.1. The second-order valence-electron chi connectivity index (χ2n) is 5.74. The average Bonchev–Trinajstić information content (AvgIpc) is 2.89. The number of fused-ring (bicyclic) bond motifs is 1. The van der Waals surface area contributed by atoms with Crippen LogP contribution in [0.25, 0.3) is 0 Å². The molecule has 1 saturated carbocycles. The molecular weight excluding hydrogens is 300 g/mol. The summed E-state index contributed by atoms with van der Waals surface area (Å²) >= 11 is 1.36. The van der Waals surface area contributed by atoms with E-state index in [9.17, 15) is 4.79 Å². The fourth-order valence-electron chi connectivity index (χ4n) is 2.83. The number of rotatable bonds is 3. The fourth-order valence-corrected chi connectivity index (χ4v) is 3.42. The van der Waals surface area contributed by atoms with E-state index in [0.29, 0.717) is 23.2 Å². The molecule has 22 heavy (non-hydrogen) atoms. The van der Waals surface area contributed by atoms with Gasteiger partial charge in [-0.1, -0.05) is 11.3 Å². The van der Waals surface area contributed by atoms with Crippen molar-refractivity contribution >= 4 is 22.4 Å². The molecule has 1 amide bonds. The topological polar surface area (TPSA) is 90.1 Å². The molecule has 1 fully saturated rings. The van der Waals surface area contributed by atoms with Crippen molar-refractivity contribution in [1.29, 1.82) is 0 Å². The number of nitrogens with two attached hydrogens (primary N) is 1. The second kappa shape index (κ2) is 5.03. The lowest BCUT2D eigenvalue weighted by molar-refractivity contribution is 0.102. The van der Waals surface area contributed by atoms with Gasteiger partial charge in [0, 0.05) is 23.9 Å². The Labute approximate surface area is 131 Å². The molecule has 7 heteroatoms. The summed E-state index contributed by atoms with van der Waals surface area (Å²) in [5.74, 6) is 1.07. The smallest absolute Gasteiger partial charge is 0.257 e. The number of hydrogen-bond donors (Lipinski definition) is 2. The Morgan fingerprint density at radius 3 is 2.95 bits per heavy atom. The van der Waals surface area contributed by atoms with Crippen LogP contribution in [0.2, 0.25) is 0 Å². The van der Waals surface area contributed by atoms with Crippen LogP contribution in [-0.4, -0.2) is 28.8 Å². The molecule has 2 heterocycles. The van der Waals surface area contributed by atoms with Crippen molar-refractivity contribution in [1.82, 2.24) is 10.2 Å². The van der Waals surface area contributed by atoms with Crippen LogP contribution >= 0.6 is 11.3 Å². The standard InChI is InChI=1S/C15H16N4O2S/c1-7-18-19-15(22-7)17-14(20)9-4-8-2-3-21-13(8)11(5-9)10-6-12(10)16/h4-5,10,12H,2-3,6,16H2,1H3,(H,17,19,20)/t10-,12+/m0/s1. The van der Waals surface area contributed by atoms with Gasteiger partial charge in [0.2, 0.25) is 5.13 Å². The van der Waals surface area contributed by atoms with Crippen molar-refractivity contribution in [3.05, 3.63) is 33.8 Å². The molecule has 1 aliphatic carbocycles. The molecule has 1 aliphatic heterocycles. The van der Waals surface area contributed by atoms with Crippen LogP contribution < -0.4 is 15.8 Å². The molecule has 1 aromatic heterocycles. The zero-order chi connectivity index (χ0) is 15.3. The van der Waals surface area contributed by atoms with Gasteiger partial charge in [-0.3, -0.25) is 10.1 Å². The first kappa shape index (κ1) is 13.7. The van der Waals surface area contributed by atoms with Gasteiger partial charge in [0.15, 0.2) is 0 Å². The van der Waals surface area contributed by atoms with Crippen LogP contribution in [0.15, 0.2) is 12.1 Å². The van der Waals surface area contributed by atoms with Crippen LogP contribution in [0.1, 0.15) is 38.8 Å².